The minimum atomic E-state index is 0.476. The highest BCUT2D eigenvalue weighted by atomic mass is 16.5. The first-order valence-corrected chi connectivity index (χ1v) is 4.26. The molecule has 0 aliphatic carbocycles. The molecule has 63 valence electrons. The van der Waals surface area contributed by atoms with Crippen molar-refractivity contribution in [3.63, 3.8) is 0 Å². The Morgan fingerprint density at radius 3 is 3.17 bits per heavy atom. The predicted molar refractivity (Wildman–Crippen MR) is 48.1 cm³/mol. The van der Waals surface area contributed by atoms with Crippen LogP contribution in [0.4, 0.5) is 5.69 Å². The van der Waals surface area contributed by atoms with Gasteiger partial charge in [-0.15, -0.1) is 0 Å². The van der Waals surface area contributed by atoms with Crippen molar-refractivity contribution in [1.82, 2.24) is 0 Å². The van der Waals surface area contributed by atoms with E-state index in [4.69, 9.17) is 4.74 Å². The van der Waals surface area contributed by atoms with Gasteiger partial charge in [-0.3, -0.25) is 0 Å². The molecule has 2 nitrogen and oxygen atoms in total. The molecule has 1 N–H and O–H groups in total. The molecular weight excluding hydrogens is 150 g/mol. The molecule has 1 aliphatic rings. The summed E-state index contributed by atoms with van der Waals surface area (Å²) in [5.41, 5.74) is 1.06. The molecule has 1 radical (unpaired) electrons. The molecule has 1 saturated heterocycles. The van der Waals surface area contributed by atoms with Crippen LogP contribution >= 0.6 is 0 Å². The van der Waals surface area contributed by atoms with Crippen molar-refractivity contribution < 1.29 is 4.74 Å². The summed E-state index contributed by atoms with van der Waals surface area (Å²) >= 11 is 0. The van der Waals surface area contributed by atoms with Gasteiger partial charge < -0.3 is 10.1 Å². The topological polar surface area (TPSA) is 21.3 Å². The third-order valence-electron chi connectivity index (χ3n) is 2.00. The minimum Gasteiger partial charge on any atom is -0.379 e. The summed E-state index contributed by atoms with van der Waals surface area (Å²) < 4.78 is 5.25. The molecule has 0 spiro atoms. The average molecular weight is 162 g/mol. The van der Waals surface area contributed by atoms with E-state index in [1.54, 1.807) is 0 Å². The van der Waals surface area contributed by atoms with Crippen LogP contribution in [0.25, 0.3) is 0 Å². The van der Waals surface area contributed by atoms with Crippen LogP contribution < -0.4 is 5.32 Å². The minimum absolute atomic E-state index is 0.476. The number of para-hydroxylation sites is 1. The van der Waals surface area contributed by atoms with E-state index >= 15 is 0 Å². The number of benzene rings is 1. The summed E-state index contributed by atoms with van der Waals surface area (Å²) in [5.74, 6) is 0. The smallest absolute Gasteiger partial charge is 0.0668 e. The lowest BCUT2D eigenvalue weighted by atomic mass is 10.2. The quantitative estimate of drug-likeness (QED) is 0.714. The van der Waals surface area contributed by atoms with Crippen molar-refractivity contribution in [3.8, 4) is 0 Å². The van der Waals surface area contributed by atoms with Gasteiger partial charge in [0.05, 0.1) is 12.6 Å². The van der Waals surface area contributed by atoms with Gasteiger partial charge in [0.1, 0.15) is 0 Å². The number of hydrogen-bond donors (Lipinski definition) is 1. The van der Waals surface area contributed by atoms with E-state index in [9.17, 15) is 0 Å². The van der Waals surface area contributed by atoms with Gasteiger partial charge in [-0.05, 0) is 12.5 Å². The van der Waals surface area contributed by atoms with E-state index in [2.05, 4.69) is 11.4 Å². The first kappa shape index (κ1) is 7.62. The van der Waals surface area contributed by atoms with Crippen molar-refractivity contribution in [2.24, 2.45) is 0 Å². The average Bonchev–Trinajstić information content (AvgIpc) is 2.59. The molecular formula is C10H12NO. The summed E-state index contributed by atoms with van der Waals surface area (Å²) in [7, 11) is 0. The van der Waals surface area contributed by atoms with Gasteiger partial charge in [-0.25, -0.2) is 0 Å². The molecule has 1 fully saturated rings. The van der Waals surface area contributed by atoms with E-state index in [0.29, 0.717) is 6.04 Å². The molecule has 12 heavy (non-hydrogen) atoms. The summed E-state index contributed by atoms with van der Waals surface area (Å²) in [6, 6.07) is 11.5. The number of rotatable bonds is 2. The van der Waals surface area contributed by atoms with Crippen LogP contribution in [-0.4, -0.2) is 19.3 Å². The van der Waals surface area contributed by atoms with Crippen LogP contribution in [0.3, 0.4) is 0 Å². The Labute approximate surface area is 72.5 Å². The Bertz CT molecular complexity index is 229. The lowest BCUT2D eigenvalue weighted by molar-refractivity contribution is 0.195. The first-order valence-electron chi connectivity index (χ1n) is 4.26. The highest BCUT2D eigenvalue weighted by molar-refractivity contribution is 5.42. The van der Waals surface area contributed by atoms with Gasteiger partial charge in [-0.2, -0.15) is 0 Å². The highest BCUT2D eigenvalue weighted by Crippen LogP contribution is 2.11. The molecule has 1 aromatic carbocycles. The monoisotopic (exact) mass is 162 g/mol. The number of anilines is 1. The van der Waals surface area contributed by atoms with Crippen molar-refractivity contribution in [2.45, 2.75) is 12.5 Å². The molecule has 0 bridgehead atoms. The van der Waals surface area contributed by atoms with Gasteiger partial charge in [0.25, 0.3) is 0 Å². The maximum atomic E-state index is 5.25. The summed E-state index contributed by atoms with van der Waals surface area (Å²) in [5, 5.41) is 3.36. The van der Waals surface area contributed by atoms with Crippen molar-refractivity contribution in [3.05, 3.63) is 30.3 Å². The van der Waals surface area contributed by atoms with E-state index in [1.807, 2.05) is 24.3 Å². The molecule has 1 aliphatic heterocycles. The lowest BCUT2D eigenvalue weighted by Gasteiger charge is -2.10. The number of ether oxygens (including phenoxy) is 1. The normalized spacial score (nSPS) is 22.5. The molecule has 0 saturated carbocycles. The van der Waals surface area contributed by atoms with Crippen molar-refractivity contribution >= 4 is 5.69 Å². The van der Waals surface area contributed by atoms with E-state index in [-0.39, 0.29) is 0 Å². The Balaban J connectivity index is 1.94. The predicted octanol–water partition coefficient (Wildman–Crippen LogP) is 1.69. The Morgan fingerprint density at radius 1 is 1.50 bits per heavy atom. The van der Waals surface area contributed by atoms with Gasteiger partial charge in [0.2, 0.25) is 0 Å². The summed E-state index contributed by atoms with van der Waals surface area (Å²) in [6.07, 6.45) is 1.10. The highest BCUT2D eigenvalue weighted by Gasteiger charge is 2.14. The van der Waals surface area contributed by atoms with E-state index in [1.165, 1.54) is 0 Å². The summed E-state index contributed by atoms with van der Waals surface area (Å²) in [6.45, 7) is 1.70. The Morgan fingerprint density at radius 2 is 2.50 bits per heavy atom. The SMILES string of the molecule is [c]1ccccc1NC1CCOC1. The zero-order valence-electron chi connectivity index (χ0n) is 6.92. The zero-order chi connectivity index (χ0) is 8.23. The third kappa shape index (κ3) is 1.77. The van der Waals surface area contributed by atoms with Crippen LogP contribution in [0.5, 0.6) is 0 Å². The van der Waals surface area contributed by atoms with Crippen LogP contribution in [0.2, 0.25) is 0 Å². The largest absolute Gasteiger partial charge is 0.379 e. The standard InChI is InChI=1S/C10H12NO/c1-2-4-9(5-3-1)11-10-6-7-12-8-10/h1-4,10-11H,6-8H2. The summed E-state index contributed by atoms with van der Waals surface area (Å²) in [4.78, 5) is 0. The fourth-order valence-electron chi connectivity index (χ4n) is 1.35. The van der Waals surface area contributed by atoms with Crippen LogP contribution in [-0.2, 0) is 4.74 Å². The third-order valence-corrected chi connectivity index (χ3v) is 2.00. The maximum Gasteiger partial charge on any atom is 0.0668 e. The molecule has 0 amide bonds. The first-order chi connectivity index (χ1) is 5.95. The van der Waals surface area contributed by atoms with Crippen molar-refractivity contribution in [2.75, 3.05) is 18.5 Å². The lowest BCUT2D eigenvalue weighted by Crippen LogP contribution is -2.18. The maximum absolute atomic E-state index is 5.25. The molecule has 1 unspecified atom stereocenters. The number of nitrogens with one attached hydrogen (secondary N) is 1. The molecule has 1 heterocycles. The molecule has 2 heteroatoms. The molecule has 0 aromatic heterocycles. The van der Waals surface area contributed by atoms with Crippen LogP contribution in [0.1, 0.15) is 6.42 Å². The van der Waals surface area contributed by atoms with Gasteiger partial charge in [-0.1, -0.05) is 18.2 Å². The van der Waals surface area contributed by atoms with Crippen molar-refractivity contribution in [1.29, 1.82) is 0 Å². The Hall–Kier alpha value is -1.02. The Kier molecular flexibility index (Phi) is 2.28. The van der Waals surface area contributed by atoms with Gasteiger partial charge in [0.15, 0.2) is 0 Å². The molecule has 2 rings (SSSR count). The second-order valence-corrected chi connectivity index (χ2v) is 2.98. The van der Waals surface area contributed by atoms with Gasteiger partial charge in [0, 0.05) is 18.4 Å². The van der Waals surface area contributed by atoms with Crippen LogP contribution in [0, 0.1) is 6.07 Å². The zero-order valence-corrected chi connectivity index (χ0v) is 6.92. The van der Waals surface area contributed by atoms with E-state index in [0.717, 1.165) is 25.3 Å². The fraction of sp³-hybridized carbons (Fsp3) is 0.400. The molecule has 1 atom stereocenters. The second-order valence-electron chi connectivity index (χ2n) is 2.98. The number of hydrogen-bond acceptors (Lipinski definition) is 2. The second kappa shape index (κ2) is 3.59. The fourth-order valence-corrected chi connectivity index (χ4v) is 1.35. The van der Waals surface area contributed by atoms with Crippen LogP contribution in [0.15, 0.2) is 24.3 Å². The van der Waals surface area contributed by atoms with Gasteiger partial charge >= 0.3 is 0 Å². The van der Waals surface area contributed by atoms with E-state index < -0.39 is 0 Å². The molecule has 1 aromatic rings.